The molecule has 2 nitrogen and oxygen atoms in total. The van der Waals surface area contributed by atoms with E-state index in [1.807, 2.05) is 0 Å². The highest BCUT2D eigenvalue weighted by atomic mass is 35.5. The molecule has 0 heterocycles. The summed E-state index contributed by atoms with van der Waals surface area (Å²) in [4.78, 5) is 0. The molecule has 0 aliphatic carbocycles. The molecule has 0 amide bonds. The highest BCUT2D eigenvalue weighted by Gasteiger charge is 2.04. The minimum absolute atomic E-state index is 0.272. The standard InChI is InChI=1S/C13H9ClF2N2S/c14-8-1-3-9(4-2-8)17-13(19)18-10-5-6-11(15)12(16)7-10/h1-7H,(H2,17,18,19). The van der Waals surface area contributed by atoms with E-state index >= 15 is 0 Å². The van der Waals surface area contributed by atoms with E-state index in [-0.39, 0.29) is 5.11 Å². The van der Waals surface area contributed by atoms with Crippen LogP contribution in [0.5, 0.6) is 0 Å². The van der Waals surface area contributed by atoms with E-state index in [0.29, 0.717) is 10.7 Å². The molecule has 6 heteroatoms. The van der Waals surface area contributed by atoms with Gasteiger partial charge in [0.15, 0.2) is 16.7 Å². The van der Waals surface area contributed by atoms with Crippen LogP contribution in [0, 0.1) is 11.6 Å². The Morgan fingerprint density at radius 1 is 0.895 bits per heavy atom. The minimum Gasteiger partial charge on any atom is -0.332 e. The van der Waals surface area contributed by atoms with Gasteiger partial charge >= 0.3 is 0 Å². The average Bonchev–Trinajstić information content (AvgIpc) is 2.37. The summed E-state index contributed by atoms with van der Waals surface area (Å²) < 4.78 is 25.8. The molecule has 0 fully saturated rings. The van der Waals surface area contributed by atoms with Gasteiger partial charge in [-0.1, -0.05) is 11.6 Å². The lowest BCUT2D eigenvalue weighted by atomic mass is 10.3. The number of hydrogen-bond acceptors (Lipinski definition) is 1. The monoisotopic (exact) mass is 298 g/mol. The van der Waals surface area contributed by atoms with Crippen molar-refractivity contribution < 1.29 is 8.78 Å². The fourth-order valence-corrected chi connectivity index (χ4v) is 1.76. The van der Waals surface area contributed by atoms with E-state index in [2.05, 4.69) is 10.6 Å². The summed E-state index contributed by atoms with van der Waals surface area (Å²) in [5.74, 6) is -1.83. The van der Waals surface area contributed by atoms with Gasteiger partial charge in [-0.15, -0.1) is 0 Å². The summed E-state index contributed by atoms with van der Waals surface area (Å²) in [7, 11) is 0. The van der Waals surface area contributed by atoms with Crippen molar-refractivity contribution in [1.29, 1.82) is 0 Å². The maximum Gasteiger partial charge on any atom is 0.175 e. The van der Waals surface area contributed by atoms with Gasteiger partial charge < -0.3 is 10.6 Å². The second-order valence-electron chi connectivity index (χ2n) is 3.71. The molecule has 0 spiro atoms. The molecule has 19 heavy (non-hydrogen) atoms. The maximum atomic E-state index is 13.0. The highest BCUT2D eigenvalue weighted by Crippen LogP contribution is 2.15. The molecule has 2 rings (SSSR count). The Bertz CT molecular complexity index is 602. The van der Waals surface area contributed by atoms with E-state index in [4.69, 9.17) is 23.8 Å². The number of nitrogens with one attached hydrogen (secondary N) is 2. The molecule has 2 N–H and O–H groups in total. The fraction of sp³-hybridized carbons (Fsp3) is 0. The molecule has 0 unspecified atom stereocenters. The molecule has 0 bridgehead atoms. The predicted octanol–water partition coefficient (Wildman–Crippen LogP) is 4.43. The van der Waals surface area contributed by atoms with Crippen LogP contribution in [-0.2, 0) is 0 Å². The average molecular weight is 299 g/mol. The van der Waals surface area contributed by atoms with Crippen LogP contribution in [0.25, 0.3) is 0 Å². The second-order valence-corrected chi connectivity index (χ2v) is 4.56. The van der Waals surface area contributed by atoms with Crippen molar-refractivity contribution in [2.75, 3.05) is 10.6 Å². The van der Waals surface area contributed by atoms with E-state index in [9.17, 15) is 8.78 Å². The number of halogens is 3. The number of anilines is 2. The lowest BCUT2D eigenvalue weighted by Gasteiger charge is -2.10. The van der Waals surface area contributed by atoms with Crippen molar-refractivity contribution in [3.8, 4) is 0 Å². The van der Waals surface area contributed by atoms with Crippen LogP contribution in [-0.4, -0.2) is 5.11 Å². The molecule has 0 aromatic heterocycles. The van der Waals surface area contributed by atoms with Crippen LogP contribution in [0.2, 0.25) is 5.02 Å². The zero-order chi connectivity index (χ0) is 13.8. The first-order valence-corrected chi connectivity index (χ1v) is 6.12. The lowest BCUT2D eigenvalue weighted by molar-refractivity contribution is 0.509. The van der Waals surface area contributed by atoms with Crippen LogP contribution in [0.15, 0.2) is 42.5 Å². The van der Waals surface area contributed by atoms with Gasteiger partial charge in [-0.3, -0.25) is 0 Å². The van der Waals surface area contributed by atoms with Gasteiger partial charge in [0.2, 0.25) is 0 Å². The van der Waals surface area contributed by atoms with Crippen LogP contribution >= 0.6 is 23.8 Å². The summed E-state index contributed by atoms with van der Waals surface area (Å²) in [6.07, 6.45) is 0. The zero-order valence-corrected chi connectivity index (χ0v) is 11.2. The Labute approximate surface area is 119 Å². The van der Waals surface area contributed by atoms with Gasteiger partial charge in [0.25, 0.3) is 0 Å². The molecule has 0 aliphatic heterocycles. The van der Waals surface area contributed by atoms with Crippen LogP contribution in [0.1, 0.15) is 0 Å². The van der Waals surface area contributed by atoms with Crippen molar-refractivity contribution >= 4 is 40.3 Å². The van der Waals surface area contributed by atoms with Gasteiger partial charge in [-0.05, 0) is 48.6 Å². The summed E-state index contributed by atoms with van der Waals surface area (Å²) in [5.41, 5.74) is 1.11. The van der Waals surface area contributed by atoms with E-state index in [0.717, 1.165) is 17.8 Å². The minimum atomic E-state index is -0.931. The van der Waals surface area contributed by atoms with Crippen LogP contribution in [0.3, 0.4) is 0 Å². The number of rotatable bonds is 2. The van der Waals surface area contributed by atoms with Crippen molar-refractivity contribution in [2.45, 2.75) is 0 Å². The third-order valence-electron chi connectivity index (χ3n) is 2.28. The van der Waals surface area contributed by atoms with E-state index in [1.54, 1.807) is 24.3 Å². The first-order chi connectivity index (χ1) is 9.04. The van der Waals surface area contributed by atoms with Crippen molar-refractivity contribution in [1.82, 2.24) is 0 Å². The van der Waals surface area contributed by atoms with E-state index < -0.39 is 11.6 Å². The van der Waals surface area contributed by atoms with Crippen molar-refractivity contribution in [2.24, 2.45) is 0 Å². The van der Waals surface area contributed by atoms with Crippen LogP contribution < -0.4 is 10.6 Å². The molecule has 0 atom stereocenters. The highest BCUT2D eigenvalue weighted by molar-refractivity contribution is 7.80. The third kappa shape index (κ3) is 3.87. The van der Waals surface area contributed by atoms with Crippen molar-refractivity contribution in [3.63, 3.8) is 0 Å². The first kappa shape index (κ1) is 13.7. The zero-order valence-electron chi connectivity index (χ0n) is 9.58. The largest absolute Gasteiger partial charge is 0.332 e. The van der Waals surface area contributed by atoms with Crippen molar-refractivity contribution in [3.05, 3.63) is 59.1 Å². The van der Waals surface area contributed by atoms with Gasteiger partial charge in [0.1, 0.15) is 0 Å². The van der Waals surface area contributed by atoms with Gasteiger partial charge in [-0.2, -0.15) is 0 Å². The quantitative estimate of drug-likeness (QED) is 0.802. The molecule has 0 radical (unpaired) electrons. The predicted molar refractivity (Wildman–Crippen MR) is 77.7 cm³/mol. The Morgan fingerprint density at radius 3 is 2.11 bits per heavy atom. The second kappa shape index (κ2) is 5.95. The Kier molecular flexibility index (Phi) is 4.29. The summed E-state index contributed by atoms with van der Waals surface area (Å²) in [6.45, 7) is 0. The van der Waals surface area contributed by atoms with E-state index in [1.165, 1.54) is 6.07 Å². The SMILES string of the molecule is Fc1ccc(NC(=S)Nc2ccc(Cl)cc2)cc1F. The van der Waals surface area contributed by atoms with Crippen LogP contribution in [0.4, 0.5) is 20.2 Å². The number of hydrogen-bond donors (Lipinski definition) is 2. The third-order valence-corrected chi connectivity index (χ3v) is 2.74. The Balaban J connectivity index is 2.01. The number of thiocarbonyl (C=S) groups is 1. The molecular formula is C13H9ClF2N2S. The molecule has 0 saturated heterocycles. The summed E-state index contributed by atoms with van der Waals surface area (Å²) in [6, 6.07) is 10.4. The molecule has 98 valence electrons. The first-order valence-electron chi connectivity index (χ1n) is 5.33. The van der Waals surface area contributed by atoms with Gasteiger partial charge in [0.05, 0.1) is 0 Å². The fourth-order valence-electron chi connectivity index (χ4n) is 1.40. The normalized spacial score (nSPS) is 10.1. The molecule has 0 saturated carbocycles. The maximum absolute atomic E-state index is 13.0. The topological polar surface area (TPSA) is 24.1 Å². The molecular weight excluding hydrogens is 290 g/mol. The Morgan fingerprint density at radius 2 is 1.47 bits per heavy atom. The molecule has 2 aromatic rings. The molecule has 2 aromatic carbocycles. The summed E-state index contributed by atoms with van der Waals surface area (Å²) in [5, 5.41) is 6.54. The molecule has 0 aliphatic rings. The van der Waals surface area contributed by atoms with Gasteiger partial charge in [-0.25, -0.2) is 8.78 Å². The summed E-state index contributed by atoms with van der Waals surface area (Å²) >= 11 is 10.8. The smallest absolute Gasteiger partial charge is 0.175 e. The van der Waals surface area contributed by atoms with Gasteiger partial charge in [0, 0.05) is 22.5 Å². The lowest BCUT2D eigenvalue weighted by Crippen LogP contribution is -2.19. The Hall–Kier alpha value is -1.72. The number of benzene rings is 2.